The number of sulfonamides is 1. The maximum absolute atomic E-state index is 12.7. The Balaban J connectivity index is 1.30. The summed E-state index contributed by atoms with van der Waals surface area (Å²) < 4.78 is 24.8. The SMILES string of the molecule is CC(C)N1CCN(c2nccc(Nc3ccc(C(=O)NC4CCN(S(C)(=O)=O)CC4)cc3)n2)CC1. The van der Waals surface area contributed by atoms with Crippen LogP contribution >= 0.6 is 0 Å². The third-order valence-corrected chi connectivity index (χ3v) is 7.95. The van der Waals surface area contributed by atoms with Crippen molar-refractivity contribution < 1.29 is 13.2 Å². The van der Waals surface area contributed by atoms with Crippen molar-refractivity contribution in [3.05, 3.63) is 42.1 Å². The summed E-state index contributed by atoms with van der Waals surface area (Å²) in [6.07, 6.45) is 4.20. The maximum atomic E-state index is 12.7. The number of piperidine rings is 1. The van der Waals surface area contributed by atoms with Crippen molar-refractivity contribution >= 4 is 33.4 Å². The minimum Gasteiger partial charge on any atom is -0.349 e. The van der Waals surface area contributed by atoms with E-state index in [0.29, 0.717) is 43.4 Å². The molecule has 1 aromatic carbocycles. The first-order valence-corrected chi connectivity index (χ1v) is 14.0. The first kappa shape index (κ1) is 25.3. The molecule has 0 aliphatic carbocycles. The lowest BCUT2D eigenvalue weighted by Crippen LogP contribution is -2.49. The Kier molecular flexibility index (Phi) is 7.88. The highest BCUT2D eigenvalue weighted by atomic mass is 32.2. The van der Waals surface area contributed by atoms with E-state index in [1.54, 1.807) is 18.3 Å². The standard InChI is InChI=1S/C24H35N7O3S/c1-18(2)29-14-16-30(17-15-29)24-25-11-8-22(28-24)26-20-6-4-19(5-7-20)23(32)27-21-9-12-31(13-10-21)35(3,33)34/h4-8,11,18,21H,9-10,12-17H2,1-3H3,(H,27,32)(H,25,26,28). The zero-order chi connectivity index (χ0) is 25.0. The van der Waals surface area contributed by atoms with E-state index >= 15 is 0 Å². The molecule has 2 aromatic rings. The Morgan fingerprint density at radius 3 is 2.26 bits per heavy atom. The molecule has 0 bridgehead atoms. The lowest BCUT2D eigenvalue weighted by Gasteiger charge is -2.36. The van der Waals surface area contributed by atoms with E-state index in [0.717, 1.165) is 37.8 Å². The van der Waals surface area contributed by atoms with Crippen LogP contribution in [0.4, 0.5) is 17.5 Å². The van der Waals surface area contributed by atoms with Crippen molar-refractivity contribution in [2.24, 2.45) is 0 Å². The van der Waals surface area contributed by atoms with Gasteiger partial charge in [-0.25, -0.2) is 17.7 Å². The fraction of sp³-hybridized carbons (Fsp3) is 0.542. The van der Waals surface area contributed by atoms with Crippen molar-refractivity contribution in [3.63, 3.8) is 0 Å². The highest BCUT2D eigenvalue weighted by Crippen LogP contribution is 2.19. The summed E-state index contributed by atoms with van der Waals surface area (Å²) >= 11 is 0. The summed E-state index contributed by atoms with van der Waals surface area (Å²) in [6.45, 7) is 9.10. The number of hydrogen-bond donors (Lipinski definition) is 2. The minimum absolute atomic E-state index is 0.0276. The summed E-state index contributed by atoms with van der Waals surface area (Å²) in [6, 6.07) is 9.60. The lowest BCUT2D eigenvalue weighted by molar-refractivity contribution is 0.0924. The average molecular weight is 502 g/mol. The molecular formula is C24H35N7O3S. The van der Waals surface area contributed by atoms with Crippen LogP contribution in [-0.2, 0) is 10.0 Å². The number of hydrogen-bond acceptors (Lipinski definition) is 8. The number of nitrogens with one attached hydrogen (secondary N) is 2. The molecule has 0 spiro atoms. The van der Waals surface area contributed by atoms with Gasteiger partial charge in [0, 0.05) is 68.8 Å². The van der Waals surface area contributed by atoms with E-state index in [4.69, 9.17) is 0 Å². The molecule has 0 radical (unpaired) electrons. The van der Waals surface area contributed by atoms with Crippen LogP contribution in [0.5, 0.6) is 0 Å². The van der Waals surface area contributed by atoms with Crippen LogP contribution in [0.25, 0.3) is 0 Å². The fourth-order valence-corrected chi connectivity index (χ4v) is 5.34. The van der Waals surface area contributed by atoms with Gasteiger partial charge in [0.2, 0.25) is 16.0 Å². The second kappa shape index (κ2) is 10.9. The monoisotopic (exact) mass is 501 g/mol. The molecule has 4 rings (SSSR count). The maximum Gasteiger partial charge on any atom is 0.251 e. The Morgan fingerprint density at radius 1 is 1.00 bits per heavy atom. The molecule has 0 saturated carbocycles. The highest BCUT2D eigenvalue weighted by Gasteiger charge is 2.26. The third kappa shape index (κ3) is 6.68. The fourth-order valence-electron chi connectivity index (χ4n) is 4.46. The first-order chi connectivity index (χ1) is 16.7. The van der Waals surface area contributed by atoms with Crippen molar-refractivity contribution in [1.29, 1.82) is 0 Å². The van der Waals surface area contributed by atoms with E-state index in [-0.39, 0.29) is 11.9 Å². The van der Waals surface area contributed by atoms with Crippen LogP contribution in [0, 0.1) is 0 Å². The average Bonchev–Trinajstić information content (AvgIpc) is 2.84. The second-order valence-corrected chi connectivity index (χ2v) is 11.5. The van der Waals surface area contributed by atoms with Gasteiger partial charge < -0.3 is 15.5 Å². The number of piperazine rings is 1. The van der Waals surface area contributed by atoms with E-state index in [2.05, 4.69) is 44.2 Å². The molecule has 2 fully saturated rings. The predicted octanol–water partition coefficient (Wildman–Crippen LogP) is 1.90. The van der Waals surface area contributed by atoms with Gasteiger partial charge in [0.15, 0.2) is 0 Å². The van der Waals surface area contributed by atoms with Crippen LogP contribution in [-0.4, -0.2) is 91.1 Å². The topological polar surface area (TPSA) is 111 Å². The zero-order valence-corrected chi connectivity index (χ0v) is 21.5. The van der Waals surface area contributed by atoms with E-state index in [1.165, 1.54) is 10.6 Å². The van der Waals surface area contributed by atoms with Gasteiger partial charge in [-0.3, -0.25) is 9.69 Å². The van der Waals surface area contributed by atoms with Gasteiger partial charge in [0.25, 0.3) is 5.91 Å². The minimum atomic E-state index is -3.18. The molecule has 0 atom stereocenters. The molecule has 190 valence electrons. The normalized spacial score (nSPS) is 18.6. The summed E-state index contributed by atoms with van der Waals surface area (Å²) in [7, 11) is -3.18. The van der Waals surface area contributed by atoms with Crippen molar-refractivity contribution in [2.75, 3.05) is 55.7 Å². The van der Waals surface area contributed by atoms with Gasteiger partial charge in [0.1, 0.15) is 5.82 Å². The number of carbonyl (C=O) groups is 1. The zero-order valence-electron chi connectivity index (χ0n) is 20.6. The van der Waals surface area contributed by atoms with Gasteiger partial charge >= 0.3 is 0 Å². The largest absolute Gasteiger partial charge is 0.349 e. The number of nitrogens with zero attached hydrogens (tertiary/aromatic N) is 5. The summed E-state index contributed by atoms with van der Waals surface area (Å²) in [4.78, 5) is 26.4. The Morgan fingerprint density at radius 2 is 1.66 bits per heavy atom. The summed E-state index contributed by atoms with van der Waals surface area (Å²) in [5.41, 5.74) is 1.39. The Labute approximate surface area is 207 Å². The molecule has 2 N–H and O–H groups in total. The molecule has 1 aromatic heterocycles. The van der Waals surface area contributed by atoms with Crippen molar-refractivity contribution in [1.82, 2.24) is 24.5 Å². The molecule has 0 unspecified atom stereocenters. The van der Waals surface area contributed by atoms with E-state index in [9.17, 15) is 13.2 Å². The molecule has 11 heteroatoms. The molecular weight excluding hydrogens is 466 g/mol. The van der Waals surface area contributed by atoms with Crippen LogP contribution < -0.4 is 15.5 Å². The number of rotatable bonds is 7. The molecule has 10 nitrogen and oxygen atoms in total. The lowest BCUT2D eigenvalue weighted by atomic mass is 10.1. The molecule has 35 heavy (non-hydrogen) atoms. The van der Waals surface area contributed by atoms with Crippen molar-refractivity contribution in [2.45, 2.75) is 38.8 Å². The number of aromatic nitrogens is 2. The van der Waals surface area contributed by atoms with Gasteiger partial charge in [-0.1, -0.05) is 0 Å². The van der Waals surface area contributed by atoms with E-state index < -0.39 is 10.0 Å². The van der Waals surface area contributed by atoms with Gasteiger partial charge in [-0.2, -0.15) is 4.98 Å². The molecule has 2 saturated heterocycles. The molecule has 2 aliphatic rings. The molecule has 1 amide bonds. The summed E-state index contributed by atoms with van der Waals surface area (Å²) in [5.74, 6) is 1.27. The Bertz CT molecular complexity index is 1110. The quantitative estimate of drug-likeness (QED) is 0.592. The predicted molar refractivity (Wildman–Crippen MR) is 138 cm³/mol. The number of benzene rings is 1. The smallest absolute Gasteiger partial charge is 0.251 e. The molecule has 2 aliphatic heterocycles. The number of amides is 1. The van der Waals surface area contributed by atoms with Crippen LogP contribution in [0.1, 0.15) is 37.0 Å². The van der Waals surface area contributed by atoms with Crippen LogP contribution in [0.15, 0.2) is 36.5 Å². The first-order valence-electron chi connectivity index (χ1n) is 12.1. The van der Waals surface area contributed by atoms with Crippen LogP contribution in [0.3, 0.4) is 0 Å². The van der Waals surface area contributed by atoms with Gasteiger partial charge in [-0.05, 0) is 57.0 Å². The second-order valence-electron chi connectivity index (χ2n) is 9.47. The van der Waals surface area contributed by atoms with Crippen LogP contribution in [0.2, 0.25) is 0 Å². The number of anilines is 3. The highest BCUT2D eigenvalue weighted by molar-refractivity contribution is 7.88. The van der Waals surface area contributed by atoms with Gasteiger partial charge in [0.05, 0.1) is 6.26 Å². The molecule has 3 heterocycles. The van der Waals surface area contributed by atoms with Crippen molar-refractivity contribution in [3.8, 4) is 0 Å². The van der Waals surface area contributed by atoms with Gasteiger partial charge in [-0.15, -0.1) is 0 Å². The Hall–Kier alpha value is -2.76. The summed E-state index contributed by atoms with van der Waals surface area (Å²) in [5, 5.41) is 6.31. The van der Waals surface area contributed by atoms with E-state index in [1.807, 2.05) is 18.2 Å². The third-order valence-electron chi connectivity index (χ3n) is 6.65. The number of carbonyl (C=O) groups excluding carboxylic acids is 1.